The number of carbonyl (C=O) groups excluding carboxylic acids is 2. The van der Waals surface area contributed by atoms with Gasteiger partial charge in [0.1, 0.15) is 5.82 Å². The van der Waals surface area contributed by atoms with Crippen molar-refractivity contribution in [3.05, 3.63) is 11.6 Å². The molecule has 0 spiro atoms. The number of likely N-dealkylation sites (N-methyl/N-ethyl adjacent to an activating group) is 1. The van der Waals surface area contributed by atoms with Crippen LogP contribution in [0.3, 0.4) is 0 Å². The van der Waals surface area contributed by atoms with Gasteiger partial charge in [-0.05, 0) is 19.3 Å². The van der Waals surface area contributed by atoms with Crippen molar-refractivity contribution in [2.24, 2.45) is 5.92 Å². The van der Waals surface area contributed by atoms with Crippen molar-refractivity contribution >= 4 is 11.9 Å². The first kappa shape index (κ1) is 17.2. The summed E-state index contributed by atoms with van der Waals surface area (Å²) in [7, 11) is 3.36. The Bertz CT molecular complexity index is 581. The van der Waals surface area contributed by atoms with Gasteiger partial charge < -0.3 is 19.7 Å². The smallest absolute Gasteiger partial charge is 0.318 e. The van der Waals surface area contributed by atoms with Gasteiger partial charge in [-0.15, -0.1) is 10.2 Å². The molecule has 8 nitrogen and oxygen atoms in total. The molecule has 1 N–H and O–H groups in total. The lowest BCUT2D eigenvalue weighted by atomic mass is 10.1. The topological polar surface area (TPSA) is 83.4 Å². The average molecular weight is 322 g/mol. The predicted octanol–water partition coefficient (Wildman–Crippen LogP) is 0.787. The van der Waals surface area contributed by atoms with Crippen LogP contribution in [0.5, 0.6) is 0 Å². The van der Waals surface area contributed by atoms with Gasteiger partial charge in [-0.1, -0.05) is 13.8 Å². The van der Waals surface area contributed by atoms with E-state index in [9.17, 15) is 9.59 Å². The van der Waals surface area contributed by atoms with Crippen molar-refractivity contribution in [1.82, 2.24) is 29.9 Å². The molecule has 1 aromatic rings. The number of aryl methyl sites for hydroxylation is 1. The average Bonchev–Trinajstić information content (AvgIpc) is 2.86. The van der Waals surface area contributed by atoms with Crippen LogP contribution in [-0.2, 0) is 11.3 Å². The first-order valence-electron chi connectivity index (χ1n) is 7.98. The normalized spacial score (nSPS) is 17.1. The highest BCUT2D eigenvalue weighted by atomic mass is 16.2. The zero-order valence-electron chi connectivity index (χ0n) is 14.5. The Labute approximate surface area is 136 Å². The van der Waals surface area contributed by atoms with Crippen molar-refractivity contribution in [2.75, 3.05) is 27.2 Å². The van der Waals surface area contributed by atoms with Crippen LogP contribution in [0.4, 0.5) is 4.79 Å². The third-order valence-electron chi connectivity index (χ3n) is 4.02. The number of nitrogens with zero attached hydrogens (tertiary/aromatic N) is 5. The molecule has 0 aromatic carbocycles. The summed E-state index contributed by atoms with van der Waals surface area (Å²) in [5, 5.41) is 11.1. The van der Waals surface area contributed by atoms with Gasteiger partial charge in [0.2, 0.25) is 0 Å². The van der Waals surface area contributed by atoms with Gasteiger partial charge in [-0.3, -0.25) is 4.79 Å². The highest BCUT2D eigenvalue weighted by Gasteiger charge is 2.39. The number of carbonyl (C=O) groups is 2. The maximum absolute atomic E-state index is 12.6. The standard InChI is InChI=1S/C15H26N6O2/c1-10(2)6-7-16-15(23)21-9-8-20-11(3)17-18-13(20)12(21)14(22)19(4)5/h10,12H,6-9H2,1-5H3,(H,16,23). The minimum Gasteiger partial charge on any atom is -0.347 e. The monoisotopic (exact) mass is 322 g/mol. The Morgan fingerprint density at radius 3 is 2.61 bits per heavy atom. The Balaban J connectivity index is 2.21. The lowest BCUT2D eigenvalue weighted by Crippen LogP contribution is -2.52. The van der Waals surface area contributed by atoms with E-state index in [4.69, 9.17) is 0 Å². The van der Waals surface area contributed by atoms with E-state index < -0.39 is 6.04 Å². The van der Waals surface area contributed by atoms with Crippen LogP contribution in [-0.4, -0.2) is 63.7 Å². The molecule has 23 heavy (non-hydrogen) atoms. The van der Waals surface area contributed by atoms with Crippen molar-refractivity contribution in [3.8, 4) is 0 Å². The summed E-state index contributed by atoms with van der Waals surface area (Å²) in [6.07, 6.45) is 0.904. The summed E-state index contributed by atoms with van der Waals surface area (Å²) in [5.74, 6) is 1.64. The number of urea groups is 1. The molecule has 2 rings (SSSR count). The fraction of sp³-hybridized carbons (Fsp3) is 0.733. The van der Waals surface area contributed by atoms with E-state index in [1.807, 2.05) is 11.5 Å². The van der Waals surface area contributed by atoms with Crippen molar-refractivity contribution in [1.29, 1.82) is 0 Å². The molecule has 0 saturated heterocycles. The number of amides is 3. The zero-order chi connectivity index (χ0) is 17.1. The summed E-state index contributed by atoms with van der Waals surface area (Å²) in [6, 6.07) is -0.947. The van der Waals surface area contributed by atoms with E-state index in [1.54, 1.807) is 19.0 Å². The fourth-order valence-electron chi connectivity index (χ4n) is 2.63. The van der Waals surface area contributed by atoms with Gasteiger partial charge in [-0.25, -0.2) is 4.79 Å². The Kier molecular flexibility index (Phi) is 5.23. The minimum atomic E-state index is -0.723. The lowest BCUT2D eigenvalue weighted by molar-refractivity contribution is -0.134. The van der Waals surface area contributed by atoms with Crippen molar-refractivity contribution in [2.45, 2.75) is 39.8 Å². The molecule has 1 aliphatic rings. The van der Waals surface area contributed by atoms with Crippen LogP contribution >= 0.6 is 0 Å². The zero-order valence-corrected chi connectivity index (χ0v) is 14.5. The maximum atomic E-state index is 12.6. The Morgan fingerprint density at radius 1 is 1.30 bits per heavy atom. The third-order valence-corrected chi connectivity index (χ3v) is 4.02. The molecule has 2 heterocycles. The van der Waals surface area contributed by atoms with Gasteiger partial charge in [0.15, 0.2) is 11.9 Å². The van der Waals surface area contributed by atoms with E-state index in [0.717, 1.165) is 12.2 Å². The molecule has 0 aliphatic carbocycles. The molecule has 1 unspecified atom stereocenters. The van der Waals surface area contributed by atoms with Crippen LogP contribution < -0.4 is 5.32 Å². The van der Waals surface area contributed by atoms with E-state index in [0.29, 0.717) is 31.4 Å². The molecule has 128 valence electrons. The Hall–Kier alpha value is -2.12. The molecule has 0 radical (unpaired) electrons. The number of fused-ring (bicyclic) bond motifs is 1. The number of hydrogen-bond donors (Lipinski definition) is 1. The predicted molar refractivity (Wildman–Crippen MR) is 85.8 cm³/mol. The molecule has 0 fully saturated rings. The highest BCUT2D eigenvalue weighted by molar-refractivity contribution is 5.87. The molecular weight excluding hydrogens is 296 g/mol. The largest absolute Gasteiger partial charge is 0.347 e. The summed E-state index contributed by atoms with van der Waals surface area (Å²) >= 11 is 0. The summed E-state index contributed by atoms with van der Waals surface area (Å²) in [5.41, 5.74) is 0. The van der Waals surface area contributed by atoms with Crippen LogP contribution in [0, 0.1) is 12.8 Å². The highest BCUT2D eigenvalue weighted by Crippen LogP contribution is 2.26. The molecule has 3 amide bonds. The van der Waals surface area contributed by atoms with Gasteiger partial charge in [0, 0.05) is 33.7 Å². The molecular formula is C15H26N6O2. The molecule has 0 saturated carbocycles. The number of aromatic nitrogens is 3. The van der Waals surface area contributed by atoms with E-state index in [-0.39, 0.29) is 11.9 Å². The van der Waals surface area contributed by atoms with Crippen molar-refractivity contribution in [3.63, 3.8) is 0 Å². The summed E-state index contributed by atoms with van der Waals surface area (Å²) < 4.78 is 1.91. The van der Waals surface area contributed by atoms with Crippen LogP contribution in [0.1, 0.15) is 38.0 Å². The van der Waals surface area contributed by atoms with Crippen LogP contribution in [0.2, 0.25) is 0 Å². The fourth-order valence-corrected chi connectivity index (χ4v) is 2.63. The molecule has 0 bridgehead atoms. The Morgan fingerprint density at radius 2 is 2.00 bits per heavy atom. The second kappa shape index (κ2) is 6.97. The molecule has 8 heteroatoms. The number of rotatable bonds is 4. The quantitative estimate of drug-likeness (QED) is 0.888. The first-order valence-corrected chi connectivity index (χ1v) is 7.98. The van der Waals surface area contributed by atoms with E-state index in [1.165, 1.54) is 4.90 Å². The SMILES string of the molecule is Cc1nnc2n1CCN(C(=O)NCCC(C)C)C2C(=O)N(C)C. The summed E-state index contributed by atoms with van der Waals surface area (Å²) in [4.78, 5) is 28.2. The third kappa shape index (κ3) is 3.62. The number of hydrogen-bond acceptors (Lipinski definition) is 4. The lowest BCUT2D eigenvalue weighted by Gasteiger charge is -2.35. The van der Waals surface area contributed by atoms with E-state index in [2.05, 4.69) is 29.4 Å². The molecule has 1 aliphatic heterocycles. The summed E-state index contributed by atoms with van der Waals surface area (Å²) in [6.45, 7) is 7.73. The van der Waals surface area contributed by atoms with Crippen molar-refractivity contribution < 1.29 is 9.59 Å². The van der Waals surface area contributed by atoms with Gasteiger partial charge in [0.05, 0.1) is 0 Å². The minimum absolute atomic E-state index is 0.169. The van der Waals surface area contributed by atoms with E-state index >= 15 is 0 Å². The van der Waals surface area contributed by atoms with Crippen LogP contribution in [0.25, 0.3) is 0 Å². The van der Waals surface area contributed by atoms with Crippen LogP contribution in [0.15, 0.2) is 0 Å². The second-order valence-corrected chi connectivity index (χ2v) is 6.50. The second-order valence-electron chi connectivity index (χ2n) is 6.50. The number of nitrogens with one attached hydrogen (secondary N) is 1. The van der Waals surface area contributed by atoms with Gasteiger partial charge in [0.25, 0.3) is 5.91 Å². The molecule has 1 aromatic heterocycles. The molecule has 1 atom stereocenters. The first-order chi connectivity index (χ1) is 10.8. The van der Waals surface area contributed by atoms with Gasteiger partial charge >= 0.3 is 6.03 Å². The van der Waals surface area contributed by atoms with Gasteiger partial charge in [-0.2, -0.15) is 0 Å². The maximum Gasteiger partial charge on any atom is 0.318 e.